The van der Waals surface area contributed by atoms with Crippen molar-refractivity contribution in [1.29, 1.82) is 0 Å². The van der Waals surface area contributed by atoms with Gasteiger partial charge in [0.1, 0.15) is 11.6 Å². The molecule has 6 nitrogen and oxygen atoms in total. The molecule has 0 unspecified atom stereocenters. The molecule has 1 atom stereocenters. The fraction of sp³-hybridized carbons (Fsp3) is 0.235. The number of sulfonamides is 1. The van der Waals surface area contributed by atoms with E-state index >= 15 is 0 Å². The first kappa shape index (κ1) is 18.9. The Morgan fingerprint density at radius 1 is 1.16 bits per heavy atom. The number of halogens is 1. The van der Waals surface area contributed by atoms with E-state index in [1.54, 1.807) is 24.3 Å². The lowest BCUT2D eigenvalue weighted by atomic mass is 10.0. The molecule has 0 saturated carbocycles. The number of anilines is 1. The van der Waals surface area contributed by atoms with Crippen molar-refractivity contribution in [2.45, 2.75) is 12.5 Å². The molecule has 0 radical (unpaired) electrons. The van der Waals surface area contributed by atoms with E-state index in [1.165, 1.54) is 31.4 Å². The van der Waals surface area contributed by atoms with Gasteiger partial charge in [0.2, 0.25) is 15.9 Å². The van der Waals surface area contributed by atoms with Crippen LogP contribution in [0.1, 0.15) is 18.0 Å². The van der Waals surface area contributed by atoms with Crippen LogP contribution in [0.4, 0.5) is 10.1 Å². The fourth-order valence-corrected chi connectivity index (χ4v) is 3.05. The van der Waals surface area contributed by atoms with Crippen molar-refractivity contribution in [2.24, 2.45) is 0 Å². The molecule has 2 aromatic carbocycles. The Bertz CT molecular complexity index is 838. The second-order valence-electron chi connectivity index (χ2n) is 5.45. The molecule has 2 N–H and O–H groups in total. The summed E-state index contributed by atoms with van der Waals surface area (Å²) in [5, 5.41) is 2.69. The number of carbonyl (C=O) groups excluding carboxylic acids is 1. The smallest absolute Gasteiger partial charge is 0.226 e. The molecule has 0 aliphatic heterocycles. The van der Waals surface area contributed by atoms with Crippen molar-refractivity contribution >= 4 is 21.6 Å². The number of nitrogens with one attached hydrogen (secondary N) is 2. The molecule has 2 aromatic rings. The normalized spacial score (nSPS) is 12.4. The highest BCUT2D eigenvalue weighted by atomic mass is 32.2. The van der Waals surface area contributed by atoms with Crippen LogP contribution in [0, 0.1) is 5.82 Å². The Morgan fingerprint density at radius 3 is 2.40 bits per heavy atom. The molecule has 0 aliphatic rings. The van der Waals surface area contributed by atoms with Crippen molar-refractivity contribution in [3.8, 4) is 5.75 Å². The van der Waals surface area contributed by atoms with Crippen LogP contribution in [-0.4, -0.2) is 27.7 Å². The Balaban J connectivity index is 2.18. The van der Waals surface area contributed by atoms with Crippen molar-refractivity contribution in [3.63, 3.8) is 0 Å². The molecule has 134 valence electrons. The highest BCUT2D eigenvalue weighted by Gasteiger charge is 2.20. The number of hydrogen-bond donors (Lipinski definition) is 2. The summed E-state index contributed by atoms with van der Waals surface area (Å²) in [6, 6.07) is 11.4. The maximum absolute atomic E-state index is 13.1. The van der Waals surface area contributed by atoms with E-state index in [4.69, 9.17) is 4.74 Å². The molecule has 1 amide bonds. The van der Waals surface area contributed by atoms with Crippen molar-refractivity contribution < 1.29 is 22.3 Å². The van der Waals surface area contributed by atoms with Crippen LogP contribution < -0.4 is 14.8 Å². The summed E-state index contributed by atoms with van der Waals surface area (Å²) in [5.41, 5.74) is 0.967. The molecular formula is C17H19FN2O4S. The molecule has 8 heteroatoms. The predicted octanol–water partition coefficient (Wildman–Crippen LogP) is 2.45. The number of hydrogen-bond acceptors (Lipinski definition) is 4. The predicted molar refractivity (Wildman–Crippen MR) is 93.4 cm³/mol. The van der Waals surface area contributed by atoms with Gasteiger partial charge in [0.15, 0.2) is 0 Å². The van der Waals surface area contributed by atoms with Crippen LogP contribution in [-0.2, 0) is 14.8 Å². The number of rotatable bonds is 7. The Morgan fingerprint density at radius 2 is 1.80 bits per heavy atom. The summed E-state index contributed by atoms with van der Waals surface area (Å²) in [6.45, 7) is 0. The third-order valence-electron chi connectivity index (χ3n) is 3.40. The minimum atomic E-state index is -3.56. The van der Waals surface area contributed by atoms with Crippen molar-refractivity contribution in [2.75, 3.05) is 18.7 Å². The van der Waals surface area contributed by atoms with Gasteiger partial charge < -0.3 is 10.1 Å². The van der Waals surface area contributed by atoms with E-state index in [1.807, 2.05) is 0 Å². The highest BCUT2D eigenvalue weighted by molar-refractivity contribution is 7.88. The van der Waals surface area contributed by atoms with Gasteiger partial charge in [0.25, 0.3) is 0 Å². The Hall–Kier alpha value is -2.45. The molecule has 0 aromatic heterocycles. The average Bonchev–Trinajstić information content (AvgIpc) is 2.54. The van der Waals surface area contributed by atoms with E-state index in [9.17, 15) is 17.6 Å². The van der Waals surface area contributed by atoms with Gasteiger partial charge >= 0.3 is 0 Å². The van der Waals surface area contributed by atoms with Gasteiger partial charge in [-0.25, -0.2) is 17.5 Å². The lowest BCUT2D eigenvalue weighted by molar-refractivity contribution is -0.116. The molecule has 2 rings (SSSR count). The summed E-state index contributed by atoms with van der Waals surface area (Å²) in [6.07, 6.45) is 0.846. The van der Waals surface area contributed by atoms with E-state index in [0.29, 0.717) is 17.0 Å². The SMILES string of the molecule is COc1ccccc1NC(=O)C[C@@H](NS(C)(=O)=O)c1ccc(F)cc1. The van der Waals surface area contributed by atoms with Gasteiger partial charge in [-0.05, 0) is 29.8 Å². The molecule has 0 aliphatic carbocycles. The zero-order chi connectivity index (χ0) is 18.4. The first-order chi connectivity index (χ1) is 11.8. The van der Waals surface area contributed by atoms with Crippen LogP contribution in [0.25, 0.3) is 0 Å². The second-order valence-corrected chi connectivity index (χ2v) is 7.23. The lowest BCUT2D eigenvalue weighted by Crippen LogP contribution is -2.30. The summed E-state index contributed by atoms with van der Waals surface area (Å²) in [4.78, 5) is 12.3. The molecule has 0 spiro atoms. The molecule has 0 heterocycles. The standard InChI is InChI=1S/C17H19FN2O4S/c1-24-16-6-4-3-5-14(16)19-17(21)11-15(20-25(2,22)23)12-7-9-13(18)10-8-12/h3-10,15,20H,11H2,1-2H3,(H,19,21)/t15-/m1/s1. The van der Waals surface area contributed by atoms with E-state index in [2.05, 4.69) is 10.0 Å². The lowest BCUT2D eigenvalue weighted by Gasteiger charge is -2.18. The van der Waals surface area contributed by atoms with Gasteiger partial charge in [-0.3, -0.25) is 4.79 Å². The fourth-order valence-electron chi connectivity index (χ4n) is 2.32. The van der Waals surface area contributed by atoms with Crippen molar-refractivity contribution in [3.05, 3.63) is 59.9 Å². The zero-order valence-electron chi connectivity index (χ0n) is 13.8. The minimum Gasteiger partial charge on any atom is -0.495 e. The molecule has 0 saturated heterocycles. The van der Waals surface area contributed by atoms with E-state index in [-0.39, 0.29) is 6.42 Å². The van der Waals surface area contributed by atoms with Crippen LogP contribution in [0.15, 0.2) is 48.5 Å². The first-order valence-corrected chi connectivity index (χ1v) is 9.33. The highest BCUT2D eigenvalue weighted by Crippen LogP contribution is 2.25. The quantitative estimate of drug-likeness (QED) is 0.788. The van der Waals surface area contributed by atoms with Gasteiger partial charge in [-0.15, -0.1) is 0 Å². The van der Waals surface area contributed by atoms with Crippen LogP contribution in [0.2, 0.25) is 0 Å². The summed E-state index contributed by atoms with van der Waals surface area (Å²) in [5.74, 6) is -0.361. The maximum atomic E-state index is 13.1. The van der Waals surface area contributed by atoms with Gasteiger partial charge in [-0.1, -0.05) is 24.3 Å². The van der Waals surface area contributed by atoms with Gasteiger partial charge in [-0.2, -0.15) is 0 Å². The van der Waals surface area contributed by atoms with Gasteiger partial charge in [0, 0.05) is 6.42 Å². The van der Waals surface area contributed by atoms with Crippen LogP contribution in [0.5, 0.6) is 5.75 Å². The zero-order valence-corrected chi connectivity index (χ0v) is 14.6. The summed E-state index contributed by atoms with van der Waals surface area (Å²) < 4.78 is 43.8. The van der Waals surface area contributed by atoms with Crippen LogP contribution >= 0.6 is 0 Å². The molecular weight excluding hydrogens is 347 g/mol. The largest absolute Gasteiger partial charge is 0.495 e. The number of ether oxygens (including phenoxy) is 1. The third-order valence-corrected chi connectivity index (χ3v) is 4.11. The van der Waals surface area contributed by atoms with E-state index in [0.717, 1.165) is 6.26 Å². The topological polar surface area (TPSA) is 84.5 Å². The maximum Gasteiger partial charge on any atom is 0.226 e. The summed E-state index contributed by atoms with van der Waals surface area (Å²) in [7, 11) is -2.08. The minimum absolute atomic E-state index is 0.156. The second kappa shape index (κ2) is 8.09. The van der Waals surface area contributed by atoms with Gasteiger partial charge in [0.05, 0.1) is 25.1 Å². The number of methoxy groups -OCH3 is 1. The molecule has 0 fully saturated rings. The Labute approximate surface area is 146 Å². The number of para-hydroxylation sites is 2. The monoisotopic (exact) mass is 366 g/mol. The summed E-state index contributed by atoms with van der Waals surface area (Å²) >= 11 is 0. The average molecular weight is 366 g/mol. The van der Waals surface area contributed by atoms with Crippen molar-refractivity contribution in [1.82, 2.24) is 4.72 Å². The first-order valence-electron chi connectivity index (χ1n) is 7.44. The number of benzene rings is 2. The Kier molecular flexibility index (Phi) is 6.11. The molecule has 0 bridgehead atoms. The third kappa shape index (κ3) is 5.84. The van der Waals surface area contributed by atoms with Crippen LogP contribution in [0.3, 0.4) is 0 Å². The number of amides is 1. The van der Waals surface area contributed by atoms with E-state index < -0.39 is 27.8 Å². The molecule has 25 heavy (non-hydrogen) atoms. The number of carbonyl (C=O) groups is 1.